The van der Waals surface area contributed by atoms with Gasteiger partial charge in [0.25, 0.3) is 0 Å². The second kappa shape index (κ2) is 6.01. The highest BCUT2D eigenvalue weighted by Crippen LogP contribution is 2.22. The molecule has 0 unspecified atom stereocenters. The number of carbonyl (C=O) groups is 1. The van der Waals surface area contributed by atoms with E-state index in [1.807, 2.05) is 6.92 Å². The lowest BCUT2D eigenvalue weighted by Crippen LogP contribution is -2.04. The molecular formula is C14H14N2O4. The lowest BCUT2D eigenvalue weighted by Gasteiger charge is -2.07. The standard InChI is InChI=1S/C14H14N2O4/c1-3-19-10-4-6-11(7-5-10)20-14-15-9(2)8-12(16-14)13(17)18/h4-8H,3H2,1-2H3,(H,17,18). The van der Waals surface area contributed by atoms with E-state index in [0.717, 1.165) is 5.75 Å². The van der Waals surface area contributed by atoms with E-state index >= 15 is 0 Å². The SMILES string of the molecule is CCOc1ccc(Oc2nc(C)cc(C(=O)O)n2)cc1. The van der Waals surface area contributed by atoms with Gasteiger partial charge in [-0.2, -0.15) is 4.98 Å². The maximum Gasteiger partial charge on any atom is 0.354 e. The summed E-state index contributed by atoms with van der Waals surface area (Å²) >= 11 is 0. The second-order valence-corrected chi connectivity index (χ2v) is 3.99. The molecule has 6 nitrogen and oxygen atoms in total. The molecule has 2 aromatic rings. The molecule has 0 fully saturated rings. The molecular weight excluding hydrogens is 260 g/mol. The molecule has 1 N–H and O–H groups in total. The zero-order valence-corrected chi connectivity index (χ0v) is 11.2. The predicted molar refractivity (Wildman–Crippen MR) is 71.4 cm³/mol. The van der Waals surface area contributed by atoms with Crippen molar-refractivity contribution in [2.24, 2.45) is 0 Å². The van der Waals surface area contributed by atoms with E-state index in [4.69, 9.17) is 14.6 Å². The van der Waals surface area contributed by atoms with Gasteiger partial charge in [0.1, 0.15) is 11.5 Å². The Bertz CT molecular complexity index is 611. The van der Waals surface area contributed by atoms with Crippen LogP contribution in [0, 0.1) is 6.92 Å². The van der Waals surface area contributed by atoms with Crippen LogP contribution in [0.5, 0.6) is 17.5 Å². The van der Waals surface area contributed by atoms with Crippen LogP contribution in [0.3, 0.4) is 0 Å². The largest absolute Gasteiger partial charge is 0.494 e. The number of hydrogen-bond donors (Lipinski definition) is 1. The predicted octanol–water partition coefficient (Wildman–Crippen LogP) is 2.67. The van der Waals surface area contributed by atoms with E-state index in [0.29, 0.717) is 18.1 Å². The van der Waals surface area contributed by atoms with Crippen LogP contribution < -0.4 is 9.47 Å². The number of benzene rings is 1. The van der Waals surface area contributed by atoms with Gasteiger partial charge in [-0.25, -0.2) is 9.78 Å². The highest BCUT2D eigenvalue weighted by atomic mass is 16.5. The molecule has 0 saturated carbocycles. The average molecular weight is 274 g/mol. The third-order valence-corrected chi connectivity index (χ3v) is 2.40. The summed E-state index contributed by atoms with van der Waals surface area (Å²) in [7, 11) is 0. The number of aromatic nitrogens is 2. The fraction of sp³-hybridized carbons (Fsp3) is 0.214. The maximum absolute atomic E-state index is 10.9. The van der Waals surface area contributed by atoms with Crippen molar-refractivity contribution in [3.63, 3.8) is 0 Å². The van der Waals surface area contributed by atoms with Crippen molar-refractivity contribution in [2.75, 3.05) is 6.61 Å². The molecule has 6 heteroatoms. The summed E-state index contributed by atoms with van der Waals surface area (Å²) in [5.74, 6) is 0.124. The molecule has 0 spiro atoms. The fourth-order valence-corrected chi connectivity index (χ4v) is 1.57. The third kappa shape index (κ3) is 3.44. The number of nitrogens with zero attached hydrogens (tertiary/aromatic N) is 2. The van der Waals surface area contributed by atoms with Crippen LogP contribution >= 0.6 is 0 Å². The maximum atomic E-state index is 10.9. The van der Waals surface area contributed by atoms with Gasteiger partial charge < -0.3 is 14.6 Å². The quantitative estimate of drug-likeness (QED) is 0.902. The number of aryl methyl sites for hydroxylation is 1. The molecule has 104 valence electrons. The zero-order valence-electron chi connectivity index (χ0n) is 11.2. The van der Waals surface area contributed by atoms with E-state index in [-0.39, 0.29) is 11.7 Å². The molecule has 0 radical (unpaired) electrons. The van der Waals surface area contributed by atoms with E-state index in [2.05, 4.69) is 9.97 Å². The van der Waals surface area contributed by atoms with Gasteiger partial charge in [0, 0.05) is 5.69 Å². The van der Waals surface area contributed by atoms with Crippen molar-refractivity contribution in [3.8, 4) is 17.5 Å². The molecule has 0 bridgehead atoms. The van der Waals surface area contributed by atoms with Crippen molar-refractivity contribution in [1.82, 2.24) is 9.97 Å². The minimum absolute atomic E-state index is 0.00607. The van der Waals surface area contributed by atoms with Gasteiger partial charge in [-0.05, 0) is 44.2 Å². The summed E-state index contributed by atoms with van der Waals surface area (Å²) in [6, 6.07) is 8.31. The summed E-state index contributed by atoms with van der Waals surface area (Å²) < 4.78 is 10.8. The number of hydrogen-bond acceptors (Lipinski definition) is 5. The van der Waals surface area contributed by atoms with E-state index in [9.17, 15) is 4.79 Å². The van der Waals surface area contributed by atoms with Gasteiger partial charge >= 0.3 is 12.0 Å². The Hall–Kier alpha value is -2.63. The first-order valence-electron chi connectivity index (χ1n) is 6.08. The first-order valence-corrected chi connectivity index (χ1v) is 6.08. The lowest BCUT2D eigenvalue weighted by atomic mass is 10.3. The zero-order chi connectivity index (χ0) is 14.5. The molecule has 1 aromatic carbocycles. The van der Waals surface area contributed by atoms with Crippen LogP contribution in [0.4, 0.5) is 0 Å². The van der Waals surface area contributed by atoms with Crippen LogP contribution in [0.25, 0.3) is 0 Å². The van der Waals surface area contributed by atoms with Crippen LogP contribution in [0.1, 0.15) is 23.1 Å². The first-order chi connectivity index (χ1) is 9.58. The van der Waals surface area contributed by atoms with Crippen LogP contribution in [-0.4, -0.2) is 27.7 Å². The monoisotopic (exact) mass is 274 g/mol. The van der Waals surface area contributed by atoms with Crippen molar-refractivity contribution in [1.29, 1.82) is 0 Å². The Morgan fingerprint density at radius 2 is 1.85 bits per heavy atom. The number of rotatable bonds is 5. The molecule has 2 rings (SSSR count). The fourth-order valence-electron chi connectivity index (χ4n) is 1.57. The summed E-state index contributed by atoms with van der Waals surface area (Å²) in [6.45, 7) is 4.17. The van der Waals surface area contributed by atoms with Gasteiger partial charge in [-0.15, -0.1) is 0 Å². The molecule has 0 aliphatic heterocycles. The Kier molecular flexibility index (Phi) is 4.14. The van der Waals surface area contributed by atoms with Gasteiger partial charge in [0.2, 0.25) is 0 Å². The summed E-state index contributed by atoms with van der Waals surface area (Å²) in [5.41, 5.74) is 0.428. The number of carboxylic acid groups (broad SMARTS) is 1. The molecule has 20 heavy (non-hydrogen) atoms. The van der Waals surface area contributed by atoms with Gasteiger partial charge in [-0.3, -0.25) is 0 Å². The topological polar surface area (TPSA) is 81.5 Å². The van der Waals surface area contributed by atoms with Gasteiger partial charge in [0.15, 0.2) is 5.69 Å². The summed E-state index contributed by atoms with van der Waals surface area (Å²) in [5, 5.41) is 8.93. The highest BCUT2D eigenvalue weighted by Gasteiger charge is 2.10. The second-order valence-electron chi connectivity index (χ2n) is 3.99. The molecule has 0 saturated heterocycles. The molecule has 0 aliphatic carbocycles. The van der Waals surface area contributed by atoms with Crippen molar-refractivity contribution in [3.05, 3.63) is 41.7 Å². The van der Waals surface area contributed by atoms with Gasteiger partial charge in [-0.1, -0.05) is 0 Å². The van der Waals surface area contributed by atoms with Crippen LogP contribution in [-0.2, 0) is 0 Å². The van der Waals surface area contributed by atoms with Gasteiger partial charge in [0.05, 0.1) is 6.61 Å². The summed E-state index contributed by atoms with van der Waals surface area (Å²) in [6.07, 6.45) is 0. The number of aromatic carboxylic acids is 1. The lowest BCUT2D eigenvalue weighted by molar-refractivity contribution is 0.0689. The molecule has 0 amide bonds. The minimum atomic E-state index is -1.12. The number of ether oxygens (including phenoxy) is 2. The van der Waals surface area contributed by atoms with Crippen molar-refractivity contribution >= 4 is 5.97 Å². The Balaban J connectivity index is 2.19. The molecule has 1 heterocycles. The average Bonchev–Trinajstić information content (AvgIpc) is 2.40. The molecule has 0 aliphatic rings. The minimum Gasteiger partial charge on any atom is -0.494 e. The van der Waals surface area contributed by atoms with Crippen LogP contribution in [0.2, 0.25) is 0 Å². The van der Waals surface area contributed by atoms with E-state index in [1.165, 1.54) is 6.07 Å². The van der Waals surface area contributed by atoms with Crippen LogP contribution in [0.15, 0.2) is 30.3 Å². The summed E-state index contributed by atoms with van der Waals surface area (Å²) in [4.78, 5) is 18.8. The smallest absolute Gasteiger partial charge is 0.354 e. The van der Waals surface area contributed by atoms with Crippen molar-refractivity contribution < 1.29 is 19.4 Å². The Labute approximate surface area is 116 Å². The normalized spacial score (nSPS) is 10.1. The Morgan fingerprint density at radius 1 is 1.20 bits per heavy atom. The molecule has 0 atom stereocenters. The van der Waals surface area contributed by atoms with E-state index in [1.54, 1.807) is 31.2 Å². The highest BCUT2D eigenvalue weighted by molar-refractivity contribution is 5.85. The van der Waals surface area contributed by atoms with E-state index < -0.39 is 5.97 Å². The van der Waals surface area contributed by atoms with Crippen molar-refractivity contribution in [2.45, 2.75) is 13.8 Å². The first kappa shape index (κ1) is 13.8. The molecule has 1 aromatic heterocycles. The third-order valence-electron chi connectivity index (χ3n) is 2.40. The number of carboxylic acids is 1. The Morgan fingerprint density at radius 3 is 2.45 bits per heavy atom.